The highest BCUT2D eigenvalue weighted by Crippen LogP contribution is 2.40. The fourth-order valence-electron chi connectivity index (χ4n) is 5.06. The fraction of sp³-hybridized carbons (Fsp3) is 0.250. The predicted molar refractivity (Wildman–Crippen MR) is 157 cm³/mol. The Morgan fingerprint density at radius 1 is 0.900 bits per heavy atom. The number of aryl methyl sites for hydroxylation is 1. The van der Waals surface area contributed by atoms with E-state index in [0.29, 0.717) is 6.61 Å². The summed E-state index contributed by atoms with van der Waals surface area (Å²) < 4.78 is 16.5. The number of methoxy groups -OCH3 is 1. The Morgan fingerprint density at radius 3 is 2.42 bits per heavy atom. The van der Waals surface area contributed by atoms with Crippen LogP contribution in [0.15, 0.2) is 72.8 Å². The van der Waals surface area contributed by atoms with E-state index in [1.165, 1.54) is 12.7 Å². The maximum atomic E-state index is 13.2. The summed E-state index contributed by atoms with van der Waals surface area (Å²) in [6, 6.07) is 22.1. The van der Waals surface area contributed by atoms with Crippen molar-refractivity contribution in [3.05, 3.63) is 99.5 Å². The summed E-state index contributed by atoms with van der Waals surface area (Å²) in [5.74, 6) is -0.208. The molecule has 1 aliphatic rings. The lowest BCUT2D eigenvalue weighted by Gasteiger charge is -2.22. The molecule has 0 radical (unpaired) electrons. The van der Waals surface area contributed by atoms with Gasteiger partial charge in [-0.1, -0.05) is 83.9 Å². The van der Waals surface area contributed by atoms with E-state index in [1.54, 1.807) is 18.2 Å². The van der Waals surface area contributed by atoms with Crippen LogP contribution in [0.4, 0.5) is 0 Å². The summed E-state index contributed by atoms with van der Waals surface area (Å²) in [5, 5.41) is 5.18. The monoisotopic (exact) mass is 577 g/mol. The summed E-state index contributed by atoms with van der Waals surface area (Å²) in [6.45, 7) is 0.999. The van der Waals surface area contributed by atoms with Gasteiger partial charge in [-0.2, -0.15) is 0 Å². The van der Waals surface area contributed by atoms with Crippen LogP contribution < -0.4 is 10.1 Å². The van der Waals surface area contributed by atoms with Gasteiger partial charge < -0.3 is 19.5 Å². The first-order valence-electron chi connectivity index (χ1n) is 13.1. The van der Waals surface area contributed by atoms with Crippen LogP contribution in [0.25, 0.3) is 21.9 Å². The quantitative estimate of drug-likeness (QED) is 0.178. The van der Waals surface area contributed by atoms with E-state index in [9.17, 15) is 9.59 Å². The molecule has 0 unspecified atom stereocenters. The SMILES string of the molecule is COCCOC(=O)[C@H](Cc1ccc(-c2cccc3c2OCCC3)c2ccccc12)NC(=O)c1c(Cl)cccc1Cl. The van der Waals surface area contributed by atoms with Crippen LogP contribution in [-0.4, -0.2) is 44.8 Å². The molecule has 4 aromatic rings. The number of nitrogens with one attached hydrogen (secondary N) is 1. The molecule has 206 valence electrons. The van der Waals surface area contributed by atoms with Gasteiger partial charge in [-0.05, 0) is 52.4 Å². The van der Waals surface area contributed by atoms with Crippen molar-refractivity contribution in [3.63, 3.8) is 0 Å². The predicted octanol–water partition coefficient (Wildman–Crippen LogP) is 6.67. The number of carbonyl (C=O) groups is 2. The first-order valence-corrected chi connectivity index (χ1v) is 13.9. The number of carbonyl (C=O) groups excluding carboxylic acids is 2. The first-order chi connectivity index (χ1) is 19.5. The Morgan fingerprint density at radius 2 is 1.65 bits per heavy atom. The summed E-state index contributed by atoms with van der Waals surface area (Å²) in [4.78, 5) is 26.4. The largest absolute Gasteiger partial charge is 0.493 e. The highest BCUT2D eigenvalue weighted by atomic mass is 35.5. The van der Waals surface area contributed by atoms with Crippen LogP contribution in [0.1, 0.15) is 27.9 Å². The normalized spacial score (nSPS) is 13.3. The molecular weight excluding hydrogens is 549 g/mol. The molecule has 0 saturated heterocycles. The molecule has 1 amide bonds. The average molecular weight is 578 g/mol. The number of amides is 1. The zero-order valence-corrected chi connectivity index (χ0v) is 23.6. The minimum Gasteiger partial charge on any atom is -0.493 e. The van der Waals surface area contributed by atoms with E-state index in [1.807, 2.05) is 30.3 Å². The van der Waals surface area contributed by atoms with Crippen molar-refractivity contribution < 1.29 is 23.8 Å². The number of ether oxygens (including phenoxy) is 3. The van der Waals surface area contributed by atoms with Crippen LogP contribution in [0, 0.1) is 0 Å². The standard InChI is InChI=1S/C32H29Cl2NO5/c1-38-17-18-40-32(37)28(35-31(36)29-26(33)12-5-13-27(29)34)19-21-14-15-24(23-10-3-2-9-22(21)23)25-11-4-7-20-8-6-16-39-30(20)25/h2-5,7,9-15,28H,6,8,16-19H2,1H3,(H,35,36)/t28-/m0/s1. The number of para-hydroxylation sites is 1. The van der Waals surface area contributed by atoms with Gasteiger partial charge in [-0.15, -0.1) is 0 Å². The number of rotatable bonds is 9. The molecule has 1 N–H and O–H groups in total. The number of benzene rings is 4. The van der Waals surface area contributed by atoms with Crippen molar-refractivity contribution in [2.45, 2.75) is 25.3 Å². The van der Waals surface area contributed by atoms with Gasteiger partial charge in [0, 0.05) is 19.1 Å². The second kappa shape index (κ2) is 12.7. The molecule has 1 atom stereocenters. The Hall–Kier alpha value is -3.58. The van der Waals surface area contributed by atoms with Gasteiger partial charge in [-0.25, -0.2) is 4.79 Å². The molecule has 0 aromatic heterocycles. The Kier molecular flexibility index (Phi) is 8.90. The highest BCUT2D eigenvalue weighted by Gasteiger charge is 2.27. The molecule has 0 fully saturated rings. The zero-order chi connectivity index (χ0) is 28.1. The third kappa shape index (κ3) is 5.94. The molecule has 40 heavy (non-hydrogen) atoms. The number of halogens is 2. The topological polar surface area (TPSA) is 73.9 Å². The van der Waals surface area contributed by atoms with E-state index in [2.05, 4.69) is 29.6 Å². The van der Waals surface area contributed by atoms with Crippen molar-refractivity contribution in [2.24, 2.45) is 0 Å². The second-order valence-corrected chi connectivity index (χ2v) is 10.4. The molecule has 6 nitrogen and oxygen atoms in total. The van der Waals surface area contributed by atoms with Crippen molar-refractivity contribution in [1.29, 1.82) is 0 Å². The first kappa shape index (κ1) is 28.0. The van der Waals surface area contributed by atoms with Gasteiger partial charge >= 0.3 is 5.97 Å². The molecule has 8 heteroatoms. The van der Waals surface area contributed by atoms with Gasteiger partial charge in [0.05, 0.1) is 28.8 Å². The molecule has 5 rings (SSSR count). The lowest BCUT2D eigenvalue weighted by molar-refractivity contribution is -0.147. The molecule has 0 saturated carbocycles. The van der Waals surface area contributed by atoms with E-state index in [0.717, 1.165) is 46.1 Å². The highest BCUT2D eigenvalue weighted by molar-refractivity contribution is 6.39. The Bertz CT molecular complexity index is 1530. The third-order valence-electron chi connectivity index (χ3n) is 6.97. The van der Waals surface area contributed by atoms with E-state index >= 15 is 0 Å². The van der Waals surface area contributed by atoms with Gasteiger partial charge in [0.2, 0.25) is 0 Å². The minimum atomic E-state index is -0.987. The zero-order valence-electron chi connectivity index (χ0n) is 22.0. The van der Waals surface area contributed by atoms with Crippen LogP contribution in [0.3, 0.4) is 0 Å². The van der Waals surface area contributed by atoms with Crippen LogP contribution in [-0.2, 0) is 27.1 Å². The van der Waals surface area contributed by atoms with E-state index < -0.39 is 17.9 Å². The molecule has 1 aliphatic heterocycles. The summed E-state index contributed by atoms with van der Waals surface area (Å²) in [7, 11) is 1.52. The molecular formula is C32H29Cl2NO5. The average Bonchev–Trinajstić information content (AvgIpc) is 2.96. The maximum absolute atomic E-state index is 13.2. The second-order valence-electron chi connectivity index (χ2n) is 9.55. The smallest absolute Gasteiger partial charge is 0.329 e. The lowest BCUT2D eigenvalue weighted by Crippen LogP contribution is -2.44. The van der Waals surface area contributed by atoms with Gasteiger partial charge in [0.25, 0.3) is 5.91 Å². The molecule has 0 bridgehead atoms. The van der Waals surface area contributed by atoms with E-state index in [4.69, 9.17) is 37.4 Å². The van der Waals surface area contributed by atoms with Crippen molar-refractivity contribution in [3.8, 4) is 16.9 Å². The van der Waals surface area contributed by atoms with Gasteiger partial charge in [-0.3, -0.25) is 4.79 Å². The Labute approximate surface area is 243 Å². The molecule has 0 aliphatic carbocycles. The summed E-state index contributed by atoms with van der Waals surface area (Å²) in [6.07, 6.45) is 2.19. The number of fused-ring (bicyclic) bond motifs is 2. The molecule has 4 aromatic carbocycles. The third-order valence-corrected chi connectivity index (χ3v) is 7.60. The molecule has 1 heterocycles. The van der Waals surface area contributed by atoms with Crippen molar-refractivity contribution >= 4 is 45.9 Å². The van der Waals surface area contributed by atoms with Crippen molar-refractivity contribution in [1.82, 2.24) is 5.32 Å². The number of hydrogen-bond acceptors (Lipinski definition) is 5. The number of esters is 1. The Balaban J connectivity index is 1.51. The minimum absolute atomic E-state index is 0.0629. The van der Waals surface area contributed by atoms with Crippen LogP contribution in [0.5, 0.6) is 5.75 Å². The summed E-state index contributed by atoms with van der Waals surface area (Å²) in [5.41, 5.74) is 4.27. The lowest BCUT2D eigenvalue weighted by atomic mass is 9.90. The van der Waals surface area contributed by atoms with Crippen LogP contribution in [0.2, 0.25) is 10.0 Å². The van der Waals surface area contributed by atoms with Crippen LogP contribution >= 0.6 is 23.2 Å². The fourth-order valence-corrected chi connectivity index (χ4v) is 5.63. The van der Waals surface area contributed by atoms with Gasteiger partial charge in [0.1, 0.15) is 18.4 Å². The molecule has 0 spiro atoms. The summed E-state index contributed by atoms with van der Waals surface area (Å²) >= 11 is 12.5. The number of hydrogen-bond donors (Lipinski definition) is 1. The van der Waals surface area contributed by atoms with Crippen molar-refractivity contribution in [2.75, 3.05) is 26.9 Å². The van der Waals surface area contributed by atoms with Gasteiger partial charge in [0.15, 0.2) is 0 Å². The van der Waals surface area contributed by atoms with E-state index in [-0.39, 0.29) is 35.2 Å². The maximum Gasteiger partial charge on any atom is 0.329 e.